The lowest BCUT2D eigenvalue weighted by Crippen LogP contribution is -2.51. The molecule has 2 aromatic rings. The van der Waals surface area contributed by atoms with Gasteiger partial charge in [0.1, 0.15) is 5.75 Å². The summed E-state index contributed by atoms with van der Waals surface area (Å²) in [5, 5.41) is 0.491. The number of benzene rings is 2. The Hall–Kier alpha value is -2.09. The van der Waals surface area contributed by atoms with Crippen LogP contribution in [0.15, 0.2) is 59.5 Å². The SMILES string of the molecule is O=C(C[C@]1(COc2ccccc2)CCCN(S(=O)(=O)c2ccc(Cl)cc2)C1)N1CCCCC1. The maximum Gasteiger partial charge on any atom is 0.243 e. The van der Waals surface area contributed by atoms with Gasteiger partial charge in [-0.05, 0) is 68.5 Å². The smallest absolute Gasteiger partial charge is 0.243 e. The van der Waals surface area contributed by atoms with Crippen molar-refractivity contribution in [2.75, 3.05) is 32.8 Å². The summed E-state index contributed by atoms with van der Waals surface area (Å²) in [6.07, 6.45) is 4.91. The molecule has 2 aliphatic heterocycles. The fourth-order valence-corrected chi connectivity index (χ4v) is 6.48. The van der Waals surface area contributed by atoms with Gasteiger partial charge in [-0.1, -0.05) is 29.8 Å². The van der Waals surface area contributed by atoms with Gasteiger partial charge in [0.15, 0.2) is 0 Å². The van der Waals surface area contributed by atoms with Crippen molar-refractivity contribution in [3.63, 3.8) is 0 Å². The number of sulfonamides is 1. The molecule has 178 valence electrons. The highest BCUT2D eigenvalue weighted by molar-refractivity contribution is 7.89. The molecule has 2 saturated heterocycles. The van der Waals surface area contributed by atoms with Crippen LogP contribution in [-0.2, 0) is 14.8 Å². The van der Waals surface area contributed by atoms with Crippen molar-refractivity contribution in [2.24, 2.45) is 5.41 Å². The van der Waals surface area contributed by atoms with Crippen LogP contribution in [0, 0.1) is 5.41 Å². The van der Waals surface area contributed by atoms with Crippen LogP contribution in [0.5, 0.6) is 5.75 Å². The first kappa shape index (κ1) is 24.0. The average Bonchev–Trinajstić information content (AvgIpc) is 2.84. The largest absolute Gasteiger partial charge is 0.493 e. The number of likely N-dealkylation sites (tertiary alicyclic amines) is 1. The second-order valence-electron chi connectivity index (χ2n) is 9.12. The zero-order valence-electron chi connectivity index (χ0n) is 18.8. The summed E-state index contributed by atoms with van der Waals surface area (Å²) in [5.74, 6) is 0.817. The molecule has 2 aliphatic rings. The molecule has 0 saturated carbocycles. The van der Waals surface area contributed by atoms with Gasteiger partial charge in [-0.15, -0.1) is 0 Å². The third kappa shape index (κ3) is 5.89. The van der Waals surface area contributed by atoms with Gasteiger partial charge in [-0.25, -0.2) is 8.42 Å². The number of carbonyl (C=O) groups is 1. The van der Waals surface area contributed by atoms with E-state index in [4.69, 9.17) is 16.3 Å². The van der Waals surface area contributed by atoms with Gasteiger partial charge < -0.3 is 9.64 Å². The Balaban J connectivity index is 1.57. The summed E-state index contributed by atoms with van der Waals surface area (Å²) in [5.41, 5.74) is -0.581. The molecule has 4 rings (SSSR count). The lowest BCUT2D eigenvalue weighted by atomic mass is 9.78. The average molecular weight is 491 g/mol. The van der Waals surface area contributed by atoms with Gasteiger partial charge in [0.25, 0.3) is 0 Å². The fraction of sp³-hybridized carbons (Fsp3) is 0.480. The summed E-state index contributed by atoms with van der Waals surface area (Å²) in [6.45, 7) is 2.53. The fourth-order valence-electron chi connectivity index (χ4n) is 4.77. The van der Waals surface area contributed by atoms with E-state index in [1.54, 1.807) is 12.1 Å². The first-order valence-electron chi connectivity index (χ1n) is 11.6. The molecule has 0 bridgehead atoms. The molecule has 1 atom stereocenters. The minimum atomic E-state index is -3.70. The number of rotatable bonds is 7. The van der Waals surface area contributed by atoms with Crippen LogP contribution in [0.25, 0.3) is 0 Å². The molecule has 0 radical (unpaired) electrons. The number of hydrogen-bond acceptors (Lipinski definition) is 4. The topological polar surface area (TPSA) is 66.9 Å². The van der Waals surface area contributed by atoms with Crippen molar-refractivity contribution in [1.82, 2.24) is 9.21 Å². The van der Waals surface area contributed by atoms with Crippen LogP contribution < -0.4 is 4.74 Å². The molecule has 2 aromatic carbocycles. The van der Waals surface area contributed by atoms with Gasteiger partial charge in [-0.3, -0.25) is 4.79 Å². The van der Waals surface area contributed by atoms with Crippen molar-refractivity contribution in [3.8, 4) is 5.75 Å². The predicted molar refractivity (Wildman–Crippen MR) is 129 cm³/mol. The van der Waals surface area contributed by atoms with E-state index in [-0.39, 0.29) is 23.8 Å². The minimum Gasteiger partial charge on any atom is -0.493 e. The van der Waals surface area contributed by atoms with Crippen molar-refractivity contribution in [2.45, 2.75) is 43.4 Å². The molecule has 0 unspecified atom stereocenters. The number of carbonyl (C=O) groups excluding carboxylic acids is 1. The van der Waals surface area contributed by atoms with E-state index in [0.29, 0.717) is 24.6 Å². The molecule has 2 fully saturated rings. The normalized spacial score (nSPS) is 22.2. The van der Waals surface area contributed by atoms with Crippen LogP contribution in [0.4, 0.5) is 0 Å². The van der Waals surface area contributed by atoms with Crippen molar-refractivity contribution >= 4 is 27.5 Å². The number of nitrogens with zero attached hydrogens (tertiary/aromatic N) is 2. The third-order valence-electron chi connectivity index (χ3n) is 6.60. The predicted octanol–water partition coefficient (Wildman–Crippen LogP) is 4.59. The summed E-state index contributed by atoms with van der Waals surface area (Å²) in [6, 6.07) is 15.7. The Kier molecular flexibility index (Phi) is 7.62. The van der Waals surface area contributed by atoms with E-state index in [1.807, 2.05) is 35.2 Å². The standard InChI is InChI=1S/C25H31ClN2O4S/c26-21-10-12-23(13-11-21)33(30,31)28-17-7-14-25(19-28,20-32-22-8-3-1-4-9-22)18-24(29)27-15-5-2-6-16-27/h1,3-4,8-13H,2,5-7,14-20H2/t25-/m1/s1. The zero-order valence-corrected chi connectivity index (χ0v) is 20.4. The van der Waals surface area contributed by atoms with Gasteiger partial charge in [0.05, 0.1) is 11.5 Å². The van der Waals surface area contributed by atoms with Crippen LogP contribution >= 0.6 is 11.6 Å². The molecule has 2 heterocycles. The highest BCUT2D eigenvalue weighted by Gasteiger charge is 2.43. The van der Waals surface area contributed by atoms with Crippen LogP contribution in [0.2, 0.25) is 5.02 Å². The highest BCUT2D eigenvalue weighted by Crippen LogP contribution is 2.37. The number of piperidine rings is 2. The maximum atomic E-state index is 13.4. The second kappa shape index (κ2) is 10.5. The Bertz CT molecular complexity index is 1040. The Morgan fingerprint density at radius 1 is 0.939 bits per heavy atom. The molecule has 6 nitrogen and oxygen atoms in total. The molecule has 0 aromatic heterocycles. The van der Waals surface area contributed by atoms with Crippen LogP contribution in [0.1, 0.15) is 38.5 Å². The molecule has 0 N–H and O–H groups in total. The Morgan fingerprint density at radius 2 is 1.64 bits per heavy atom. The van der Waals surface area contributed by atoms with E-state index in [2.05, 4.69) is 0 Å². The lowest BCUT2D eigenvalue weighted by Gasteiger charge is -2.42. The summed E-state index contributed by atoms with van der Waals surface area (Å²) < 4.78 is 34.4. The van der Waals surface area contributed by atoms with Gasteiger partial charge >= 0.3 is 0 Å². The van der Waals surface area contributed by atoms with E-state index in [0.717, 1.165) is 44.5 Å². The second-order valence-corrected chi connectivity index (χ2v) is 11.5. The quantitative estimate of drug-likeness (QED) is 0.569. The van der Waals surface area contributed by atoms with Gasteiger partial charge in [0, 0.05) is 43.0 Å². The zero-order chi connectivity index (χ0) is 23.3. The number of para-hydroxylation sites is 1. The molecule has 8 heteroatoms. The van der Waals surface area contributed by atoms with E-state index in [1.165, 1.54) is 16.4 Å². The molecule has 1 amide bonds. The number of hydrogen-bond donors (Lipinski definition) is 0. The Morgan fingerprint density at radius 3 is 2.33 bits per heavy atom. The molecular formula is C25H31ClN2O4S. The van der Waals surface area contributed by atoms with Crippen molar-refractivity contribution in [1.29, 1.82) is 0 Å². The lowest BCUT2D eigenvalue weighted by molar-refractivity contribution is -0.136. The summed E-state index contributed by atoms with van der Waals surface area (Å²) in [4.78, 5) is 15.4. The number of ether oxygens (including phenoxy) is 1. The molecule has 33 heavy (non-hydrogen) atoms. The molecule has 0 spiro atoms. The summed E-state index contributed by atoms with van der Waals surface area (Å²) in [7, 11) is -3.70. The van der Waals surface area contributed by atoms with Crippen LogP contribution in [0.3, 0.4) is 0 Å². The minimum absolute atomic E-state index is 0.0945. The van der Waals surface area contributed by atoms with Crippen molar-refractivity contribution < 1.29 is 17.9 Å². The van der Waals surface area contributed by atoms with E-state index in [9.17, 15) is 13.2 Å². The van der Waals surface area contributed by atoms with Crippen molar-refractivity contribution in [3.05, 3.63) is 59.6 Å². The molecule has 0 aliphatic carbocycles. The van der Waals surface area contributed by atoms with E-state index >= 15 is 0 Å². The molecular weight excluding hydrogens is 460 g/mol. The third-order valence-corrected chi connectivity index (χ3v) is 8.71. The Labute approximate surface area is 201 Å². The summed E-state index contributed by atoms with van der Waals surface area (Å²) >= 11 is 5.96. The van der Waals surface area contributed by atoms with E-state index < -0.39 is 15.4 Å². The van der Waals surface area contributed by atoms with Gasteiger partial charge in [0.2, 0.25) is 15.9 Å². The van der Waals surface area contributed by atoms with Gasteiger partial charge in [-0.2, -0.15) is 4.31 Å². The number of amides is 1. The first-order chi connectivity index (χ1) is 15.9. The van der Waals surface area contributed by atoms with Crippen LogP contribution in [-0.4, -0.2) is 56.3 Å². The first-order valence-corrected chi connectivity index (χ1v) is 13.4. The maximum absolute atomic E-state index is 13.4. The highest BCUT2D eigenvalue weighted by atomic mass is 35.5. The number of halogens is 1. The monoisotopic (exact) mass is 490 g/mol.